The first-order valence-corrected chi connectivity index (χ1v) is 10.0. The van der Waals surface area contributed by atoms with E-state index in [0.29, 0.717) is 38.0 Å². The maximum Gasteiger partial charge on any atom is 0.272 e. The van der Waals surface area contributed by atoms with Crippen molar-refractivity contribution in [2.75, 3.05) is 36.5 Å². The van der Waals surface area contributed by atoms with Gasteiger partial charge in [0, 0.05) is 13.1 Å². The first-order chi connectivity index (χ1) is 14.7. The predicted molar refractivity (Wildman–Crippen MR) is 116 cm³/mol. The van der Waals surface area contributed by atoms with Crippen LogP contribution in [0, 0.1) is 11.3 Å². The van der Waals surface area contributed by atoms with E-state index in [2.05, 4.69) is 27.4 Å². The highest BCUT2D eigenvalue weighted by Crippen LogP contribution is 2.21. The quantitative estimate of drug-likeness (QED) is 0.617. The van der Waals surface area contributed by atoms with E-state index >= 15 is 0 Å². The van der Waals surface area contributed by atoms with Gasteiger partial charge in [0.25, 0.3) is 5.56 Å². The predicted octanol–water partition coefficient (Wildman–Crippen LogP) is 2.74. The highest BCUT2D eigenvalue weighted by Gasteiger charge is 2.20. The lowest BCUT2D eigenvalue weighted by Crippen LogP contribution is -2.31. The van der Waals surface area contributed by atoms with Crippen LogP contribution in [0.15, 0.2) is 59.4 Å². The third kappa shape index (κ3) is 4.44. The zero-order chi connectivity index (χ0) is 20.8. The molecule has 0 fully saturated rings. The standard InChI is InChI=1S/C23H23N5O2/c24-16-20-21(28-13-10-17-6-4-5-7-18(17)11-14-28)26-23(27-22(20)29)25-12-15-30-19-8-2-1-3-9-19/h1-9H,10-15H2,(H2,25,26,27,29). The Morgan fingerprint density at radius 1 is 1.07 bits per heavy atom. The van der Waals surface area contributed by atoms with Crippen molar-refractivity contribution in [2.45, 2.75) is 12.8 Å². The van der Waals surface area contributed by atoms with E-state index in [1.165, 1.54) is 11.1 Å². The van der Waals surface area contributed by atoms with E-state index in [-0.39, 0.29) is 5.56 Å². The van der Waals surface area contributed by atoms with Crippen molar-refractivity contribution in [3.63, 3.8) is 0 Å². The Kier molecular flexibility index (Phi) is 5.95. The summed E-state index contributed by atoms with van der Waals surface area (Å²) in [7, 11) is 0. The number of H-pyrrole nitrogens is 1. The highest BCUT2D eigenvalue weighted by molar-refractivity contribution is 5.56. The number of ether oxygens (including phenoxy) is 1. The molecule has 1 aliphatic rings. The molecule has 0 bridgehead atoms. The third-order valence-electron chi connectivity index (χ3n) is 5.14. The zero-order valence-electron chi connectivity index (χ0n) is 16.6. The fourth-order valence-electron chi connectivity index (χ4n) is 3.61. The lowest BCUT2D eigenvalue weighted by Gasteiger charge is -2.22. The Balaban J connectivity index is 1.47. The Morgan fingerprint density at radius 2 is 1.73 bits per heavy atom. The van der Waals surface area contributed by atoms with Gasteiger partial charge in [-0.3, -0.25) is 9.78 Å². The molecule has 4 rings (SSSR count). The second-order valence-corrected chi connectivity index (χ2v) is 7.07. The number of nitriles is 1. The number of rotatable bonds is 6. The van der Waals surface area contributed by atoms with Crippen molar-refractivity contribution in [3.05, 3.63) is 81.6 Å². The number of nitrogens with zero attached hydrogens (tertiary/aromatic N) is 3. The number of hydrogen-bond donors (Lipinski definition) is 2. The van der Waals surface area contributed by atoms with Crippen molar-refractivity contribution >= 4 is 11.8 Å². The van der Waals surface area contributed by atoms with Crippen LogP contribution in [-0.2, 0) is 12.8 Å². The van der Waals surface area contributed by atoms with Crippen molar-refractivity contribution in [1.82, 2.24) is 9.97 Å². The minimum absolute atomic E-state index is 0.0482. The van der Waals surface area contributed by atoms with Gasteiger partial charge < -0.3 is 15.0 Å². The summed E-state index contributed by atoms with van der Waals surface area (Å²) in [6.07, 6.45) is 1.70. The molecule has 7 nitrogen and oxygen atoms in total. The smallest absolute Gasteiger partial charge is 0.272 e. The van der Waals surface area contributed by atoms with Crippen LogP contribution in [-0.4, -0.2) is 36.2 Å². The van der Waals surface area contributed by atoms with Crippen LogP contribution in [0.3, 0.4) is 0 Å². The molecule has 0 saturated carbocycles. The van der Waals surface area contributed by atoms with Crippen molar-refractivity contribution in [1.29, 1.82) is 5.26 Å². The molecule has 0 spiro atoms. The summed E-state index contributed by atoms with van der Waals surface area (Å²) in [6, 6.07) is 19.9. The molecule has 0 amide bonds. The molecule has 0 radical (unpaired) electrons. The fourth-order valence-corrected chi connectivity index (χ4v) is 3.61. The van der Waals surface area contributed by atoms with Gasteiger partial charge in [0.2, 0.25) is 5.95 Å². The summed E-state index contributed by atoms with van der Waals surface area (Å²) >= 11 is 0. The van der Waals surface area contributed by atoms with E-state index in [1.807, 2.05) is 53.4 Å². The second-order valence-electron chi connectivity index (χ2n) is 7.07. The van der Waals surface area contributed by atoms with Crippen LogP contribution < -0.4 is 20.5 Å². The van der Waals surface area contributed by atoms with Gasteiger partial charge in [0.1, 0.15) is 18.4 Å². The van der Waals surface area contributed by atoms with Gasteiger partial charge in [-0.05, 0) is 36.1 Å². The van der Waals surface area contributed by atoms with Gasteiger partial charge in [-0.25, -0.2) is 0 Å². The fraction of sp³-hybridized carbons (Fsp3) is 0.261. The summed E-state index contributed by atoms with van der Waals surface area (Å²) in [4.78, 5) is 21.7. The molecule has 0 aliphatic carbocycles. The zero-order valence-corrected chi connectivity index (χ0v) is 16.6. The first-order valence-electron chi connectivity index (χ1n) is 10.0. The number of anilines is 2. The van der Waals surface area contributed by atoms with Crippen molar-refractivity contribution in [3.8, 4) is 11.8 Å². The number of nitrogens with one attached hydrogen (secondary N) is 2. The molecule has 0 saturated heterocycles. The average molecular weight is 401 g/mol. The Labute approximate surface area is 175 Å². The maximum atomic E-state index is 12.5. The molecule has 3 aromatic rings. The van der Waals surface area contributed by atoms with Crippen LogP contribution in [0.5, 0.6) is 5.75 Å². The summed E-state index contributed by atoms with van der Waals surface area (Å²) in [6.45, 7) is 2.30. The number of fused-ring (bicyclic) bond motifs is 1. The topological polar surface area (TPSA) is 94.0 Å². The molecule has 2 N–H and O–H groups in total. The van der Waals surface area contributed by atoms with Gasteiger partial charge in [0.05, 0.1) is 6.54 Å². The van der Waals surface area contributed by atoms with Gasteiger partial charge >= 0.3 is 0 Å². The van der Waals surface area contributed by atoms with E-state index in [1.54, 1.807) is 0 Å². The third-order valence-corrected chi connectivity index (χ3v) is 5.14. The summed E-state index contributed by atoms with van der Waals surface area (Å²) < 4.78 is 5.66. The number of aromatic nitrogens is 2. The molecule has 30 heavy (non-hydrogen) atoms. The van der Waals surface area contributed by atoms with Crippen LogP contribution >= 0.6 is 0 Å². The summed E-state index contributed by atoms with van der Waals surface area (Å²) in [5, 5.41) is 12.6. The lowest BCUT2D eigenvalue weighted by atomic mass is 10.0. The van der Waals surface area contributed by atoms with E-state index in [4.69, 9.17) is 4.74 Å². The Morgan fingerprint density at radius 3 is 2.40 bits per heavy atom. The van der Waals surface area contributed by atoms with Gasteiger partial charge in [0.15, 0.2) is 11.4 Å². The minimum Gasteiger partial charge on any atom is -0.492 e. The van der Waals surface area contributed by atoms with Crippen molar-refractivity contribution in [2.24, 2.45) is 0 Å². The molecular formula is C23H23N5O2. The minimum atomic E-state index is -0.435. The second kappa shape index (κ2) is 9.14. The van der Waals surface area contributed by atoms with E-state index in [0.717, 1.165) is 18.6 Å². The Hall–Kier alpha value is -3.79. The number of benzene rings is 2. The molecule has 0 unspecified atom stereocenters. The first kappa shape index (κ1) is 19.5. The van der Waals surface area contributed by atoms with Crippen LogP contribution in [0.25, 0.3) is 0 Å². The number of hydrogen-bond acceptors (Lipinski definition) is 6. The number of para-hydroxylation sites is 1. The monoisotopic (exact) mass is 401 g/mol. The molecule has 1 aromatic heterocycles. The molecule has 2 aromatic carbocycles. The molecule has 0 atom stereocenters. The summed E-state index contributed by atoms with van der Waals surface area (Å²) in [5.41, 5.74) is 2.22. The van der Waals surface area contributed by atoms with E-state index in [9.17, 15) is 10.1 Å². The van der Waals surface area contributed by atoms with Gasteiger partial charge in [-0.2, -0.15) is 10.2 Å². The largest absolute Gasteiger partial charge is 0.492 e. The highest BCUT2D eigenvalue weighted by atomic mass is 16.5. The van der Waals surface area contributed by atoms with Gasteiger partial charge in [-0.1, -0.05) is 42.5 Å². The molecular weight excluding hydrogens is 378 g/mol. The molecule has 1 aliphatic heterocycles. The van der Waals surface area contributed by atoms with E-state index < -0.39 is 5.56 Å². The molecule has 2 heterocycles. The maximum absolute atomic E-state index is 12.5. The normalized spacial score (nSPS) is 13.1. The Bertz CT molecular complexity index is 1080. The van der Waals surface area contributed by atoms with Crippen LogP contribution in [0.1, 0.15) is 16.7 Å². The van der Waals surface area contributed by atoms with Crippen LogP contribution in [0.2, 0.25) is 0 Å². The van der Waals surface area contributed by atoms with Crippen molar-refractivity contribution < 1.29 is 4.74 Å². The van der Waals surface area contributed by atoms with Gasteiger partial charge in [-0.15, -0.1) is 0 Å². The SMILES string of the molecule is N#Cc1c(N2CCc3ccccc3CC2)nc(NCCOc2ccccc2)[nH]c1=O. The molecule has 7 heteroatoms. The summed E-state index contributed by atoms with van der Waals surface area (Å²) in [5.74, 6) is 1.55. The number of aromatic amines is 1. The molecule has 152 valence electrons. The lowest BCUT2D eigenvalue weighted by molar-refractivity contribution is 0.332. The average Bonchev–Trinajstić information content (AvgIpc) is 3.00. The van der Waals surface area contributed by atoms with Crippen LogP contribution in [0.4, 0.5) is 11.8 Å².